The molecule has 0 bridgehead atoms. The minimum absolute atomic E-state index is 0.0809. The van der Waals surface area contributed by atoms with Crippen LogP contribution in [0.2, 0.25) is 0 Å². The van der Waals surface area contributed by atoms with Crippen LogP contribution in [0.4, 0.5) is 5.13 Å². The summed E-state index contributed by atoms with van der Waals surface area (Å²) in [6, 6.07) is 0. The highest BCUT2D eigenvalue weighted by molar-refractivity contribution is 7.71. The lowest BCUT2D eigenvalue weighted by Gasteiger charge is -2.35. The quantitative estimate of drug-likeness (QED) is 0.536. The molecule has 1 atom stereocenters. The van der Waals surface area contributed by atoms with Crippen LogP contribution >= 0.6 is 23.6 Å². The Kier molecular flexibility index (Phi) is 6.56. The van der Waals surface area contributed by atoms with E-state index in [2.05, 4.69) is 27.1 Å². The van der Waals surface area contributed by atoms with E-state index < -0.39 is 5.41 Å². The first-order valence-corrected chi connectivity index (χ1v) is 11.2. The molecule has 1 saturated heterocycles. The third-order valence-corrected chi connectivity index (χ3v) is 6.40. The molecular weight excluding hydrogens is 420 g/mol. The summed E-state index contributed by atoms with van der Waals surface area (Å²) in [5.74, 6) is 0.409. The van der Waals surface area contributed by atoms with Gasteiger partial charge in [0.05, 0.1) is 16.5 Å². The van der Waals surface area contributed by atoms with Crippen molar-refractivity contribution in [1.82, 2.24) is 24.6 Å². The molecule has 2 aromatic heterocycles. The predicted molar refractivity (Wildman–Crippen MR) is 121 cm³/mol. The lowest BCUT2D eigenvalue weighted by molar-refractivity contribution is -0.142. The number of aryl methyl sites for hydroxylation is 1. The van der Waals surface area contributed by atoms with E-state index in [0.717, 1.165) is 23.4 Å². The number of H-pyrrole nitrogens is 1. The molecule has 2 amide bonds. The number of amides is 2. The Morgan fingerprint density at radius 1 is 1.43 bits per heavy atom. The SMILES string of the molecule is C=CCn1c(-c2sc(NC(=O)C3CCCN(C(=O)C(C)(C)C)C3)nc2C)n[nH]c1=S. The largest absolute Gasteiger partial charge is 0.341 e. The number of carbonyl (C=O) groups is 2. The van der Waals surface area contributed by atoms with E-state index in [1.165, 1.54) is 11.3 Å². The molecular formula is C20H28N6O2S2. The summed E-state index contributed by atoms with van der Waals surface area (Å²) in [7, 11) is 0. The van der Waals surface area contributed by atoms with Crippen molar-refractivity contribution in [1.29, 1.82) is 0 Å². The predicted octanol–water partition coefficient (Wildman–Crippen LogP) is 3.78. The molecule has 1 unspecified atom stereocenters. The fourth-order valence-electron chi connectivity index (χ4n) is 3.50. The maximum atomic E-state index is 12.9. The zero-order valence-corrected chi connectivity index (χ0v) is 19.5. The second-order valence-electron chi connectivity index (χ2n) is 8.51. The van der Waals surface area contributed by atoms with Gasteiger partial charge in [-0.1, -0.05) is 38.2 Å². The molecule has 2 aromatic rings. The number of hydrogen-bond acceptors (Lipinski definition) is 6. The topological polar surface area (TPSA) is 95.9 Å². The van der Waals surface area contributed by atoms with E-state index in [4.69, 9.17) is 12.2 Å². The van der Waals surface area contributed by atoms with E-state index in [9.17, 15) is 9.59 Å². The third kappa shape index (κ3) is 4.70. The Bertz CT molecular complexity index is 1010. The highest BCUT2D eigenvalue weighted by Gasteiger charge is 2.33. The average Bonchev–Trinajstić information content (AvgIpc) is 3.23. The summed E-state index contributed by atoms with van der Waals surface area (Å²) < 4.78 is 2.35. The van der Waals surface area contributed by atoms with Gasteiger partial charge in [0, 0.05) is 25.0 Å². The molecule has 0 radical (unpaired) electrons. The van der Waals surface area contributed by atoms with Gasteiger partial charge in [-0.3, -0.25) is 19.3 Å². The molecule has 1 aliphatic rings. The molecule has 8 nitrogen and oxygen atoms in total. The standard InChI is InChI=1S/C20H28N6O2S2/c1-6-9-26-15(23-24-19(26)29)14-12(2)21-18(30-14)22-16(27)13-8-7-10-25(11-13)17(28)20(3,4)5/h6,13H,1,7-11H2,2-5H3,(H,24,29)(H,21,22,27). The van der Waals surface area contributed by atoms with Crippen LogP contribution in [0, 0.1) is 23.0 Å². The Labute approximate surface area is 185 Å². The van der Waals surface area contributed by atoms with Crippen molar-refractivity contribution < 1.29 is 9.59 Å². The number of aromatic nitrogens is 4. The normalized spacial score (nSPS) is 17.1. The van der Waals surface area contributed by atoms with Gasteiger partial charge in [0.25, 0.3) is 0 Å². The van der Waals surface area contributed by atoms with Gasteiger partial charge in [-0.15, -0.1) is 6.58 Å². The molecule has 10 heteroatoms. The number of thiazole rings is 1. The number of aromatic amines is 1. The number of anilines is 1. The van der Waals surface area contributed by atoms with Crippen LogP contribution < -0.4 is 5.32 Å². The fourth-order valence-corrected chi connectivity index (χ4v) is 4.68. The van der Waals surface area contributed by atoms with E-state index in [1.807, 2.05) is 32.3 Å². The number of nitrogens with one attached hydrogen (secondary N) is 2. The Morgan fingerprint density at radius 2 is 2.17 bits per heavy atom. The maximum Gasteiger partial charge on any atom is 0.231 e. The fraction of sp³-hybridized carbons (Fsp3) is 0.550. The minimum atomic E-state index is -0.451. The van der Waals surface area contributed by atoms with Crippen LogP contribution in [0.15, 0.2) is 12.7 Å². The van der Waals surface area contributed by atoms with Crippen LogP contribution in [-0.2, 0) is 16.1 Å². The molecule has 3 rings (SSSR count). The van der Waals surface area contributed by atoms with Crippen molar-refractivity contribution in [3.8, 4) is 10.7 Å². The molecule has 0 aromatic carbocycles. The molecule has 0 aliphatic carbocycles. The monoisotopic (exact) mass is 448 g/mol. The van der Waals surface area contributed by atoms with Crippen molar-refractivity contribution in [3.05, 3.63) is 23.1 Å². The third-order valence-electron chi connectivity index (χ3n) is 5.02. The van der Waals surface area contributed by atoms with Gasteiger partial charge in [0.15, 0.2) is 15.7 Å². The average molecular weight is 449 g/mol. The van der Waals surface area contributed by atoms with Gasteiger partial charge in [0.2, 0.25) is 11.8 Å². The lowest BCUT2D eigenvalue weighted by Crippen LogP contribution is -2.47. The van der Waals surface area contributed by atoms with Gasteiger partial charge < -0.3 is 10.2 Å². The zero-order valence-electron chi connectivity index (χ0n) is 17.8. The summed E-state index contributed by atoms with van der Waals surface area (Å²) in [6.07, 6.45) is 3.33. The molecule has 0 saturated carbocycles. The summed E-state index contributed by atoms with van der Waals surface area (Å²) >= 11 is 6.64. The highest BCUT2D eigenvalue weighted by atomic mass is 32.1. The van der Waals surface area contributed by atoms with Crippen molar-refractivity contribution in [2.45, 2.75) is 47.1 Å². The molecule has 3 heterocycles. The highest BCUT2D eigenvalue weighted by Crippen LogP contribution is 2.32. The van der Waals surface area contributed by atoms with Crippen molar-refractivity contribution in [2.75, 3.05) is 18.4 Å². The second-order valence-corrected chi connectivity index (χ2v) is 9.90. The smallest absolute Gasteiger partial charge is 0.231 e. The Balaban J connectivity index is 1.74. The van der Waals surface area contributed by atoms with Crippen molar-refractivity contribution in [2.24, 2.45) is 11.3 Å². The maximum absolute atomic E-state index is 12.9. The molecule has 30 heavy (non-hydrogen) atoms. The first-order valence-electron chi connectivity index (χ1n) is 9.96. The van der Waals surface area contributed by atoms with E-state index >= 15 is 0 Å². The number of allylic oxidation sites excluding steroid dienone is 1. The second kappa shape index (κ2) is 8.81. The molecule has 162 valence electrons. The zero-order chi connectivity index (χ0) is 22.1. The first-order chi connectivity index (χ1) is 14.1. The first kappa shape index (κ1) is 22.4. The molecule has 2 N–H and O–H groups in total. The minimum Gasteiger partial charge on any atom is -0.341 e. The number of likely N-dealkylation sites (tertiary alicyclic amines) is 1. The van der Waals surface area contributed by atoms with Gasteiger partial charge in [-0.25, -0.2) is 4.98 Å². The van der Waals surface area contributed by atoms with Gasteiger partial charge in [-0.05, 0) is 32.0 Å². The van der Waals surface area contributed by atoms with Crippen LogP contribution in [0.25, 0.3) is 10.7 Å². The van der Waals surface area contributed by atoms with Gasteiger partial charge in [0.1, 0.15) is 0 Å². The number of carbonyl (C=O) groups excluding carboxylic acids is 2. The summed E-state index contributed by atoms with van der Waals surface area (Å²) in [5.41, 5.74) is 0.316. The van der Waals surface area contributed by atoms with Crippen LogP contribution in [0.1, 0.15) is 39.3 Å². The summed E-state index contributed by atoms with van der Waals surface area (Å²) in [5, 5.41) is 10.6. The van der Waals surface area contributed by atoms with Gasteiger partial charge in [-0.2, -0.15) is 5.10 Å². The van der Waals surface area contributed by atoms with Crippen LogP contribution in [-0.4, -0.2) is 49.6 Å². The van der Waals surface area contributed by atoms with E-state index in [-0.39, 0.29) is 17.7 Å². The summed E-state index contributed by atoms with van der Waals surface area (Å²) in [6.45, 7) is 13.0. The van der Waals surface area contributed by atoms with Crippen molar-refractivity contribution in [3.63, 3.8) is 0 Å². The molecule has 1 fully saturated rings. The lowest BCUT2D eigenvalue weighted by atomic mass is 9.91. The van der Waals surface area contributed by atoms with E-state index in [1.54, 1.807) is 11.0 Å². The molecule has 1 aliphatic heterocycles. The number of hydrogen-bond donors (Lipinski definition) is 2. The number of piperidine rings is 1. The van der Waals surface area contributed by atoms with Gasteiger partial charge >= 0.3 is 0 Å². The van der Waals surface area contributed by atoms with Crippen LogP contribution in [0.5, 0.6) is 0 Å². The van der Waals surface area contributed by atoms with Crippen LogP contribution in [0.3, 0.4) is 0 Å². The Morgan fingerprint density at radius 3 is 2.83 bits per heavy atom. The summed E-state index contributed by atoms with van der Waals surface area (Å²) in [4.78, 5) is 32.6. The Hall–Kier alpha value is -2.33. The molecule has 0 spiro atoms. The number of rotatable bonds is 5. The van der Waals surface area contributed by atoms with Crippen molar-refractivity contribution >= 4 is 40.5 Å². The number of nitrogens with zero attached hydrogens (tertiary/aromatic N) is 4. The van der Waals surface area contributed by atoms with E-state index in [0.29, 0.717) is 35.4 Å².